The molecule has 2 rings (SSSR count). The quantitative estimate of drug-likeness (QED) is 0.293. The van der Waals surface area contributed by atoms with Crippen molar-refractivity contribution < 1.29 is 9.90 Å². The van der Waals surface area contributed by atoms with E-state index in [2.05, 4.69) is 51.1 Å². The van der Waals surface area contributed by atoms with Crippen LogP contribution in [0.25, 0.3) is 6.08 Å². The second-order valence-electron chi connectivity index (χ2n) is 9.57. The molecule has 1 aliphatic carbocycles. The van der Waals surface area contributed by atoms with Crippen molar-refractivity contribution in [3.63, 3.8) is 0 Å². The summed E-state index contributed by atoms with van der Waals surface area (Å²) in [6, 6.07) is 8.45. The minimum absolute atomic E-state index is 0.0768. The van der Waals surface area contributed by atoms with Gasteiger partial charge in [-0.1, -0.05) is 128 Å². The number of benzene rings is 1. The number of carboxylic acid groups (broad SMARTS) is 1. The fraction of sp³-hybridized carbons (Fsp3) is 0.679. The molecule has 0 saturated carbocycles. The number of hydrogen-bond donors (Lipinski definition) is 1. The predicted molar refractivity (Wildman–Crippen MR) is 129 cm³/mol. The van der Waals surface area contributed by atoms with Gasteiger partial charge in [0.25, 0.3) is 0 Å². The molecule has 0 fully saturated rings. The van der Waals surface area contributed by atoms with Gasteiger partial charge in [0.1, 0.15) is 0 Å². The average molecular weight is 413 g/mol. The number of carboxylic acids is 1. The van der Waals surface area contributed by atoms with Gasteiger partial charge in [-0.2, -0.15) is 0 Å². The van der Waals surface area contributed by atoms with Crippen LogP contribution in [0.2, 0.25) is 0 Å². The van der Waals surface area contributed by atoms with Gasteiger partial charge < -0.3 is 5.11 Å². The molecular formula is C28H44O2. The van der Waals surface area contributed by atoms with E-state index in [1.54, 1.807) is 0 Å². The van der Waals surface area contributed by atoms with Crippen LogP contribution in [-0.4, -0.2) is 11.1 Å². The fourth-order valence-corrected chi connectivity index (χ4v) is 5.17. The summed E-state index contributed by atoms with van der Waals surface area (Å²) >= 11 is 0. The third-order valence-corrected chi connectivity index (χ3v) is 7.08. The molecular weight excluding hydrogens is 368 g/mol. The molecule has 0 amide bonds. The van der Waals surface area contributed by atoms with Gasteiger partial charge in [0, 0.05) is 5.92 Å². The highest BCUT2D eigenvalue weighted by Crippen LogP contribution is 2.50. The first-order chi connectivity index (χ1) is 14.5. The Labute approximate surface area is 185 Å². The lowest BCUT2D eigenvalue weighted by Crippen LogP contribution is -2.38. The standard InChI is InChI=1S/C28H44O2/c1-4-6-8-10-11-12-16-23(3)22-26-25-18-14-13-17-24(25)19-21-28(26,27(29)30)20-15-9-7-5-2/h13-14,17-19,21,23,26H,4-12,15-16,20,22H2,1-3H3,(H,29,30). The third kappa shape index (κ3) is 6.72. The Hall–Kier alpha value is -1.57. The van der Waals surface area contributed by atoms with Gasteiger partial charge in [0.2, 0.25) is 0 Å². The van der Waals surface area contributed by atoms with Crippen molar-refractivity contribution in [2.45, 2.75) is 110 Å². The van der Waals surface area contributed by atoms with Gasteiger partial charge in [-0.25, -0.2) is 0 Å². The highest BCUT2D eigenvalue weighted by molar-refractivity contribution is 5.82. The highest BCUT2D eigenvalue weighted by Gasteiger charge is 2.46. The van der Waals surface area contributed by atoms with Crippen LogP contribution >= 0.6 is 0 Å². The number of hydrogen-bond acceptors (Lipinski definition) is 1. The van der Waals surface area contributed by atoms with E-state index in [1.165, 1.54) is 68.9 Å². The summed E-state index contributed by atoms with van der Waals surface area (Å²) in [4.78, 5) is 12.7. The summed E-state index contributed by atoms with van der Waals surface area (Å²) in [6.45, 7) is 6.79. The van der Waals surface area contributed by atoms with Crippen LogP contribution in [0, 0.1) is 11.3 Å². The van der Waals surface area contributed by atoms with Crippen LogP contribution in [0.5, 0.6) is 0 Å². The lowest BCUT2D eigenvalue weighted by Gasteiger charge is -2.40. The van der Waals surface area contributed by atoms with Gasteiger partial charge in [0.15, 0.2) is 0 Å². The Bertz CT molecular complexity index is 662. The third-order valence-electron chi connectivity index (χ3n) is 7.08. The molecule has 0 spiro atoms. The van der Waals surface area contributed by atoms with Crippen molar-refractivity contribution >= 4 is 12.0 Å². The van der Waals surface area contributed by atoms with E-state index in [4.69, 9.17) is 0 Å². The molecule has 0 bridgehead atoms. The fourth-order valence-electron chi connectivity index (χ4n) is 5.17. The van der Waals surface area contributed by atoms with Gasteiger partial charge in [-0.15, -0.1) is 0 Å². The Morgan fingerprint density at radius 2 is 1.60 bits per heavy atom. The molecule has 0 heterocycles. The first-order valence-corrected chi connectivity index (χ1v) is 12.6. The van der Waals surface area contributed by atoms with Crippen molar-refractivity contribution in [1.29, 1.82) is 0 Å². The molecule has 30 heavy (non-hydrogen) atoms. The first kappa shape index (κ1) is 24.7. The molecule has 168 valence electrons. The maximum Gasteiger partial charge on any atom is 0.314 e. The van der Waals surface area contributed by atoms with Gasteiger partial charge in [-0.05, 0) is 29.9 Å². The summed E-state index contributed by atoms with van der Waals surface area (Å²) in [7, 11) is 0. The summed E-state index contributed by atoms with van der Waals surface area (Å²) in [5.74, 6) is -0.00969. The SMILES string of the molecule is CCCCCCCCC(C)CC1c2ccccc2C=CC1(CCCCCC)C(=O)O. The molecule has 2 heteroatoms. The first-order valence-electron chi connectivity index (χ1n) is 12.6. The molecule has 2 nitrogen and oxygen atoms in total. The Morgan fingerprint density at radius 1 is 0.967 bits per heavy atom. The van der Waals surface area contributed by atoms with Crippen LogP contribution in [-0.2, 0) is 4.79 Å². The zero-order chi connectivity index (χ0) is 21.8. The summed E-state index contributed by atoms with van der Waals surface area (Å²) in [5.41, 5.74) is 1.70. The summed E-state index contributed by atoms with van der Waals surface area (Å²) in [5, 5.41) is 10.4. The Balaban J connectivity index is 2.11. The van der Waals surface area contributed by atoms with Crippen molar-refractivity contribution in [3.05, 3.63) is 41.5 Å². The van der Waals surface area contributed by atoms with Gasteiger partial charge >= 0.3 is 5.97 Å². The molecule has 0 saturated heterocycles. The number of unbranched alkanes of at least 4 members (excludes halogenated alkanes) is 8. The minimum atomic E-state index is -0.752. The summed E-state index contributed by atoms with van der Waals surface area (Å²) < 4.78 is 0. The Morgan fingerprint density at radius 3 is 2.30 bits per heavy atom. The van der Waals surface area contributed by atoms with Crippen molar-refractivity contribution in [2.75, 3.05) is 0 Å². The predicted octanol–water partition coefficient (Wildman–Crippen LogP) is 8.62. The topological polar surface area (TPSA) is 37.3 Å². The lowest BCUT2D eigenvalue weighted by molar-refractivity contribution is -0.148. The van der Waals surface area contributed by atoms with Crippen LogP contribution < -0.4 is 0 Å². The van der Waals surface area contributed by atoms with Crippen LogP contribution in [0.15, 0.2) is 30.3 Å². The molecule has 1 N–H and O–H groups in total. The molecule has 3 atom stereocenters. The second kappa shape index (κ2) is 13.0. The van der Waals surface area contributed by atoms with Crippen LogP contribution in [0.3, 0.4) is 0 Å². The van der Waals surface area contributed by atoms with E-state index >= 15 is 0 Å². The molecule has 1 aliphatic rings. The van der Waals surface area contributed by atoms with Crippen molar-refractivity contribution in [1.82, 2.24) is 0 Å². The van der Waals surface area contributed by atoms with Gasteiger partial charge in [0.05, 0.1) is 5.41 Å². The normalized spacial score (nSPS) is 21.4. The van der Waals surface area contributed by atoms with E-state index in [0.29, 0.717) is 5.92 Å². The monoisotopic (exact) mass is 412 g/mol. The molecule has 0 radical (unpaired) electrons. The van der Waals surface area contributed by atoms with Gasteiger partial charge in [-0.3, -0.25) is 4.79 Å². The molecule has 1 aromatic rings. The van der Waals surface area contributed by atoms with Crippen molar-refractivity contribution in [2.24, 2.45) is 11.3 Å². The number of rotatable bonds is 15. The van der Waals surface area contributed by atoms with E-state index in [0.717, 1.165) is 25.7 Å². The van der Waals surface area contributed by atoms with Crippen LogP contribution in [0.1, 0.15) is 121 Å². The van der Waals surface area contributed by atoms with E-state index in [-0.39, 0.29) is 5.92 Å². The molecule has 3 unspecified atom stereocenters. The molecule has 0 aliphatic heterocycles. The average Bonchev–Trinajstić information content (AvgIpc) is 2.74. The number of aliphatic carboxylic acids is 1. The number of fused-ring (bicyclic) bond motifs is 1. The number of carbonyl (C=O) groups is 1. The van der Waals surface area contributed by atoms with E-state index in [9.17, 15) is 9.90 Å². The van der Waals surface area contributed by atoms with E-state index in [1.807, 2.05) is 6.08 Å². The second-order valence-corrected chi connectivity index (χ2v) is 9.57. The highest BCUT2D eigenvalue weighted by atomic mass is 16.4. The molecule has 1 aromatic carbocycles. The lowest BCUT2D eigenvalue weighted by atomic mass is 9.62. The zero-order valence-corrected chi connectivity index (χ0v) is 19.7. The minimum Gasteiger partial charge on any atom is -0.481 e. The maximum absolute atomic E-state index is 12.7. The smallest absolute Gasteiger partial charge is 0.314 e. The van der Waals surface area contributed by atoms with Crippen molar-refractivity contribution in [3.8, 4) is 0 Å². The van der Waals surface area contributed by atoms with E-state index < -0.39 is 11.4 Å². The maximum atomic E-state index is 12.7. The Kier molecular flexibility index (Phi) is 10.7. The molecule has 0 aromatic heterocycles. The summed E-state index contributed by atoms with van der Waals surface area (Å²) in [6.07, 6.45) is 19.4. The largest absolute Gasteiger partial charge is 0.481 e. The zero-order valence-electron chi connectivity index (χ0n) is 19.7. The van der Waals surface area contributed by atoms with Crippen LogP contribution in [0.4, 0.5) is 0 Å².